The molecule has 3 heterocycles. The topological polar surface area (TPSA) is 56.8 Å². The van der Waals surface area contributed by atoms with Crippen LogP contribution in [0.1, 0.15) is 55.4 Å². The summed E-state index contributed by atoms with van der Waals surface area (Å²) >= 11 is 0. The minimum absolute atomic E-state index is 0.0140. The number of amides is 2. The van der Waals surface area contributed by atoms with Crippen LogP contribution in [0.5, 0.6) is 0 Å². The maximum atomic E-state index is 14.1. The van der Waals surface area contributed by atoms with Gasteiger partial charge in [-0.15, -0.1) is 0 Å². The van der Waals surface area contributed by atoms with E-state index < -0.39 is 46.2 Å². The van der Waals surface area contributed by atoms with Gasteiger partial charge in [0.2, 0.25) is 11.8 Å². The second-order valence-corrected chi connectivity index (χ2v) is 12.4. The first-order valence-corrected chi connectivity index (χ1v) is 14.8. The van der Waals surface area contributed by atoms with E-state index in [9.17, 15) is 40.3 Å². The van der Waals surface area contributed by atoms with E-state index >= 15 is 0 Å². The van der Waals surface area contributed by atoms with Gasteiger partial charge in [0, 0.05) is 38.2 Å². The molecule has 13 heteroatoms. The summed E-state index contributed by atoms with van der Waals surface area (Å²) < 4.78 is 95.9. The monoisotopic (exact) mass is 650 g/mol. The first kappa shape index (κ1) is 33.4. The number of pyridine rings is 1. The molecule has 0 aliphatic carbocycles. The molecule has 3 aromatic rings. The molecule has 46 heavy (non-hydrogen) atoms. The lowest BCUT2D eigenvalue weighted by atomic mass is 9.81. The summed E-state index contributed by atoms with van der Waals surface area (Å²) in [6.07, 6.45) is -6.58. The third-order valence-corrected chi connectivity index (χ3v) is 8.95. The van der Waals surface area contributed by atoms with E-state index in [0.29, 0.717) is 54.2 Å². The fourth-order valence-electron chi connectivity index (χ4n) is 6.29. The van der Waals surface area contributed by atoms with Gasteiger partial charge in [-0.2, -0.15) is 26.3 Å². The fraction of sp³-hybridized carbons (Fsp3) is 0.424. The van der Waals surface area contributed by atoms with Crippen LogP contribution in [0.3, 0.4) is 0 Å². The van der Waals surface area contributed by atoms with Crippen molar-refractivity contribution in [2.75, 3.05) is 36.5 Å². The lowest BCUT2D eigenvalue weighted by Gasteiger charge is -2.32. The summed E-state index contributed by atoms with van der Waals surface area (Å²) in [5.74, 6) is -1.13. The summed E-state index contributed by atoms with van der Waals surface area (Å²) in [5, 5.41) is 0. The molecular weight excluding hydrogens is 617 g/mol. The number of hydrogen-bond donors (Lipinski definition) is 0. The molecule has 2 aliphatic rings. The second kappa shape index (κ2) is 12.0. The van der Waals surface area contributed by atoms with Crippen molar-refractivity contribution in [1.29, 1.82) is 0 Å². The minimum atomic E-state index is -5.09. The number of likely N-dealkylation sites (N-methyl/N-ethyl adjacent to an activating group) is 1. The number of anilines is 2. The Morgan fingerprint density at radius 1 is 0.891 bits per heavy atom. The summed E-state index contributed by atoms with van der Waals surface area (Å²) in [5.41, 5.74) is -3.86. The van der Waals surface area contributed by atoms with Crippen LogP contribution in [0, 0.1) is 12.7 Å². The molecule has 0 N–H and O–H groups in total. The molecule has 2 saturated heterocycles. The molecule has 0 bridgehead atoms. The number of rotatable bonds is 5. The third kappa shape index (κ3) is 6.47. The van der Waals surface area contributed by atoms with Crippen molar-refractivity contribution in [1.82, 2.24) is 9.88 Å². The predicted molar refractivity (Wildman–Crippen MR) is 159 cm³/mol. The zero-order valence-electron chi connectivity index (χ0n) is 25.7. The zero-order valence-corrected chi connectivity index (χ0v) is 25.7. The summed E-state index contributed by atoms with van der Waals surface area (Å²) in [6, 6.07) is 6.87. The molecule has 2 fully saturated rings. The molecule has 1 atom stereocenters. The number of carbonyl (C=O) groups excluding carboxylic acids is 2. The molecule has 6 nitrogen and oxygen atoms in total. The number of nitrogens with zero attached hydrogens (tertiary/aromatic N) is 4. The SMILES string of the molecule is Cc1cc(F)ccc1-c1cc(N2CCN3CCCC3CC2=O)ncc1N(C)C(=O)C(C)(C)c1cc(C(F)(F)F)cc(C(F)(F)F)c1. The minimum Gasteiger partial charge on any atom is -0.313 e. The van der Waals surface area contributed by atoms with Crippen molar-refractivity contribution >= 4 is 23.3 Å². The second-order valence-electron chi connectivity index (χ2n) is 12.4. The molecular formula is C33H33F7N4O2. The normalized spacial score (nSPS) is 18.0. The van der Waals surface area contributed by atoms with E-state index in [1.54, 1.807) is 17.9 Å². The van der Waals surface area contributed by atoms with Crippen LogP contribution in [0.25, 0.3) is 11.1 Å². The van der Waals surface area contributed by atoms with Crippen LogP contribution in [0.2, 0.25) is 0 Å². The van der Waals surface area contributed by atoms with Gasteiger partial charge in [-0.25, -0.2) is 9.37 Å². The Morgan fingerprint density at radius 3 is 2.13 bits per heavy atom. The number of benzene rings is 2. The van der Waals surface area contributed by atoms with Crippen LogP contribution in [-0.2, 0) is 27.4 Å². The van der Waals surface area contributed by atoms with E-state index in [0.717, 1.165) is 24.3 Å². The van der Waals surface area contributed by atoms with E-state index in [1.807, 2.05) is 0 Å². The van der Waals surface area contributed by atoms with E-state index in [2.05, 4.69) is 9.88 Å². The van der Waals surface area contributed by atoms with Gasteiger partial charge in [0.25, 0.3) is 0 Å². The highest BCUT2D eigenvalue weighted by molar-refractivity contribution is 6.04. The van der Waals surface area contributed by atoms with Gasteiger partial charge in [0.15, 0.2) is 0 Å². The third-order valence-electron chi connectivity index (χ3n) is 8.95. The number of halogens is 7. The van der Waals surface area contributed by atoms with Crippen molar-refractivity contribution in [3.05, 3.63) is 76.7 Å². The highest BCUT2D eigenvalue weighted by Crippen LogP contribution is 2.41. The highest BCUT2D eigenvalue weighted by Gasteiger charge is 2.41. The first-order chi connectivity index (χ1) is 21.4. The van der Waals surface area contributed by atoms with Crippen molar-refractivity contribution in [3.63, 3.8) is 0 Å². The molecule has 5 rings (SSSR count). The quantitative estimate of drug-likeness (QED) is 0.271. The average molecular weight is 651 g/mol. The number of carbonyl (C=O) groups is 2. The molecule has 2 aromatic carbocycles. The largest absolute Gasteiger partial charge is 0.416 e. The summed E-state index contributed by atoms with van der Waals surface area (Å²) in [4.78, 5) is 36.8. The Hall–Kier alpha value is -4.00. The van der Waals surface area contributed by atoms with E-state index in [4.69, 9.17) is 0 Å². The Bertz CT molecular complexity index is 1640. The van der Waals surface area contributed by atoms with Gasteiger partial charge >= 0.3 is 12.4 Å². The molecule has 1 aromatic heterocycles. The standard InChI is InChI=1S/C33H33F7N4O2/c1-19-12-23(34)7-8-25(19)26-17-28(44-11-10-43-9-5-6-24(43)16-29(44)45)41-18-27(26)42(4)30(46)31(2,3)20-13-21(32(35,36)37)15-22(14-20)33(38,39)40/h7-8,12-15,17-18,24H,5-6,9-11,16H2,1-4H3. The average Bonchev–Trinajstić information content (AvgIpc) is 3.35. The Balaban J connectivity index is 1.58. The van der Waals surface area contributed by atoms with Crippen molar-refractivity contribution in [2.24, 2.45) is 0 Å². The maximum Gasteiger partial charge on any atom is 0.416 e. The Labute approximate surface area is 261 Å². The van der Waals surface area contributed by atoms with Crippen molar-refractivity contribution in [3.8, 4) is 11.1 Å². The first-order valence-electron chi connectivity index (χ1n) is 14.8. The number of aromatic nitrogens is 1. The van der Waals surface area contributed by atoms with Gasteiger partial charge in [0.1, 0.15) is 11.6 Å². The van der Waals surface area contributed by atoms with Crippen LogP contribution in [0.4, 0.5) is 42.2 Å². The van der Waals surface area contributed by atoms with Crippen LogP contribution in [-0.4, -0.2) is 54.4 Å². The van der Waals surface area contributed by atoms with Crippen LogP contribution >= 0.6 is 0 Å². The fourth-order valence-corrected chi connectivity index (χ4v) is 6.29. The molecule has 2 amide bonds. The molecule has 0 radical (unpaired) electrons. The molecule has 1 unspecified atom stereocenters. The smallest absolute Gasteiger partial charge is 0.313 e. The van der Waals surface area contributed by atoms with Gasteiger partial charge in [0.05, 0.1) is 28.4 Å². The van der Waals surface area contributed by atoms with Gasteiger partial charge in [-0.1, -0.05) is 6.07 Å². The number of hydrogen-bond acceptors (Lipinski definition) is 4. The molecule has 246 valence electrons. The van der Waals surface area contributed by atoms with Crippen LogP contribution in [0.15, 0.2) is 48.7 Å². The van der Waals surface area contributed by atoms with E-state index in [-0.39, 0.29) is 23.7 Å². The van der Waals surface area contributed by atoms with E-state index in [1.165, 1.54) is 45.3 Å². The lowest BCUT2D eigenvalue weighted by molar-refractivity contribution is -0.143. The van der Waals surface area contributed by atoms with Gasteiger partial charge in [-0.05, 0) is 93.2 Å². The van der Waals surface area contributed by atoms with Gasteiger partial charge in [-0.3, -0.25) is 19.4 Å². The van der Waals surface area contributed by atoms with Crippen molar-refractivity contribution in [2.45, 2.75) is 63.8 Å². The zero-order chi connectivity index (χ0) is 33.8. The van der Waals surface area contributed by atoms with Gasteiger partial charge < -0.3 is 4.90 Å². The number of aryl methyl sites for hydroxylation is 1. The lowest BCUT2D eigenvalue weighted by Crippen LogP contribution is -2.42. The Kier molecular flexibility index (Phi) is 8.69. The summed E-state index contributed by atoms with van der Waals surface area (Å²) in [6.45, 7) is 6.07. The molecule has 0 spiro atoms. The maximum absolute atomic E-state index is 14.1. The Morgan fingerprint density at radius 2 is 1.52 bits per heavy atom. The van der Waals surface area contributed by atoms with Crippen LogP contribution < -0.4 is 9.80 Å². The molecule has 2 aliphatic heterocycles. The summed E-state index contributed by atoms with van der Waals surface area (Å²) in [7, 11) is 1.34. The van der Waals surface area contributed by atoms with Crippen molar-refractivity contribution < 1.29 is 40.3 Å². The number of alkyl halides is 6. The number of fused-ring (bicyclic) bond motifs is 1. The highest BCUT2D eigenvalue weighted by atomic mass is 19.4. The predicted octanol–water partition coefficient (Wildman–Crippen LogP) is 7.38. The molecule has 0 saturated carbocycles.